The van der Waals surface area contributed by atoms with E-state index in [4.69, 9.17) is 9.47 Å². The second-order valence-electron chi connectivity index (χ2n) is 15.7. The second kappa shape index (κ2) is 8.14. The van der Waals surface area contributed by atoms with Crippen molar-refractivity contribution in [2.45, 2.75) is 77.6 Å². The van der Waals surface area contributed by atoms with Crippen LogP contribution in [-0.2, 0) is 21.4 Å². The fourth-order valence-electron chi connectivity index (χ4n) is 9.17. The van der Waals surface area contributed by atoms with Gasteiger partial charge in [-0.2, -0.15) is 9.13 Å². The van der Waals surface area contributed by atoms with E-state index in [0.717, 1.165) is 45.5 Å². The Morgan fingerprint density at radius 1 is 0.745 bits per heavy atom. The number of hydrogen-bond donors (Lipinski definition) is 0. The van der Waals surface area contributed by atoms with Crippen molar-refractivity contribution in [3.63, 3.8) is 0 Å². The lowest BCUT2D eigenvalue weighted by atomic mass is 9.74. The van der Waals surface area contributed by atoms with Gasteiger partial charge in [0, 0.05) is 36.2 Å². The van der Waals surface area contributed by atoms with Crippen molar-refractivity contribution < 1.29 is 18.6 Å². The van der Waals surface area contributed by atoms with Gasteiger partial charge in [-0.15, -0.1) is 4.58 Å². The molecule has 4 aliphatic rings. The summed E-state index contributed by atoms with van der Waals surface area (Å²) in [6, 6.07) is 31.3. The quantitative estimate of drug-likeness (QED) is 0.173. The van der Waals surface area contributed by atoms with Gasteiger partial charge in [0.15, 0.2) is 11.1 Å². The van der Waals surface area contributed by atoms with Gasteiger partial charge < -0.3 is 9.47 Å². The van der Waals surface area contributed by atoms with Crippen molar-refractivity contribution in [1.29, 1.82) is 0 Å². The molecular weight excluding hydrogens is 578 g/mol. The first-order valence-electron chi connectivity index (χ1n) is 16.8. The minimum absolute atomic E-state index is 0.0290. The Balaban J connectivity index is 1.44. The number of ether oxygens (including phenoxy) is 2. The van der Waals surface area contributed by atoms with Gasteiger partial charge in [-0.3, -0.25) is 0 Å². The van der Waals surface area contributed by atoms with Crippen LogP contribution in [0.5, 0.6) is 11.5 Å². The molecule has 2 atom stereocenters. The Bertz CT molecular complexity index is 2460. The summed E-state index contributed by atoms with van der Waals surface area (Å²) in [5, 5.41) is 2.50. The molecule has 0 N–H and O–H groups in total. The molecule has 4 aliphatic heterocycles. The average Bonchev–Trinajstić information content (AvgIpc) is 3.59. The number of nitrogens with zero attached hydrogens (tertiary/aromatic N) is 3. The summed E-state index contributed by atoms with van der Waals surface area (Å²) < 4.78 is 22.0. The van der Waals surface area contributed by atoms with E-state index in [9.17, 15) is 0 Å². The monoisotopic (exact) mass is 617 g/mol. The number of pyridine rings is 1. The highest BCUT2D eigenvalue weighted by molar-refractivity contribution is 6.12. The Morgan fingerprint density at radius 2 is 1.53 bits per heavy atom. The zero-order valence-corrected chi connectivity index (χ0v) is 28.3. The molecule has 0 radical (unpaired) electrons. The van der Waals surface area contributed by atoms with Gasteiger partial charge in [0.25, 0.3) is 5.82 Å². The largest absolute Gasteiger partial charge is 0.456 e. The second-order valence-corrected chi connectivity index (χ2v) is 15.7. The molecule has 0 fully saturated rings. The molecule has 1 spiro atoms. The van der Waals surface area contributed by atoms with Crippen LogP contribution in [0.25, 0.3) is 27.6 Å². The molecule has 6 heterocycles. The van der Waals surface area contributed by atoms with Crippen LogP contribution in [0.2, 0.25) is 0 Å². The van der Waals surface area contributed by atoms with E-state index < -0.39 is 16.8 Å². The predicted octanol–water partition coefficient (Wildman–Crippen LogP) is 8.65. The summed E-state index contributed by atoms with van der Waals surface area (Å²) >= 11 is 0. The Labute approximate surface area is 275 Å². The fourth-order valence-corrected chi connectivity index (χ4v) is 9.17. The third-order valence-electron chi connectivity index (χ3n) is 11.7. The molecule has 0 bridgehead atoms. The van der Waals surface area contributed by atoms with E-state index in [1.54, 1.807) is 0 Å². The van der Waals surface area contributed by atoms with Crippen LogP contribution in [0.1, 0.15) is 80.5 Å². The van der Waals surface area contributed by atoms with Crippen LogP contribution in [0.4, 0.5) is 0 Å². The lowest BCUT2D eigenvalue weighted by Gasteiger charge is -2.41. The van der Waals surface area contributed by atoms with Gasteiger partial charge in [0.2, 0.25) is 11.1 Å². The molecule has 10 rings (SSSR count). The smallest absolute Gasteiger partial charge is 0.377 e. The standard InChI is InChI=1S/C42H39N3O2/c1-24-14-16-31-29(20-24)28-15-17-32-36-37(28)44(31)34-23-27(39(3,4)5)18-19-43(34)42(36)35-30(21-25(2)22-33(35)46-32)38-45(42)40(6,7)41(8,47-38)26-12-10-9-11-13-26/h9-23H,1-8H3/q+2/t41-,42?/m0/s1. The first kappa shape index (κ1) is 27.2. The molecule has 2 aromatic heterocycles. The molecular formula is C42H39N3O2+2. The number of rotatable bonds is 1. The van der Waals surface area contributed by atoms with Crippen molar-refractivity contribution in [1.82, 2.24) is 4.57 Å². The summed E-state index contributed by atoms with van der Waals surface area (Å²) in [4.78, 5) is 0. The maximum Gasteiger partial charge on any atom is 0.377 e. The molecule has 5 heteroatoms. The van der Waals surface area contributed by atoms with Crippen molar-refractivity contribution in [3.8, 4) is 17.3 Å². The van der Waals surface area contributed by atoms with Crippen LogP contribution in [0, 0.1) is 13.8 Å². The van der Waals surface area contributed by atoms with Gasteiger partial charge in [-0.1, -0.05) is 62.7 Å². The first-order valence-corrected chi connectivity index (χ1v) is 16.8. The third kappa shape index (κ3) is 2.94. The summed E-state index contributed by atoms with van der Waals surface area (Å²) in [7, 11) is 0. The zero-order chi connectivity index (χ0) is 32.4. The molecule has 1 unspecified atom stereocenters. The maximum absolute atomic E-state index is 7.38. The van der Waals surface area contributed by atoms with Crippen LogP contribution < -0.4 is 9.30 Å². The number of aryl methyl sites for hydroxylation is 2. The Morgan fingerprint density at radius 3 is 2.30 bits per heavy atom. The topological polar surface area (TPSA) is 30.3 Å². The van der Waals surface area contributed by atoms with Gasteiger partial charge in [0.05, 0.1) is 6.20 Å². The van der Waals surface area contributed by atoms with Crippen molar-refractivity contribution >= 4 is 27.7 Å². The van der Waals surface area contributed by atoms with Crippen LogP contribution in [0.15, 0.2) is 91.1 Å². The van der Waals surface area contributed by atoms with E-state index in [2.05, 4.69) is 160 Å². The summed E-state index contributed by atoms with van der Waals surface area (Å²) in [6.07, 6.45) is 2.33. The highest BCUT2D eigenvalue weighted by Gasteiger charge is 2.78. The SMILES string of the molecule is Cc1cc2c3c(c1)C1=[N+](C34c3c(ccc5c6cc(C)ccc6n(c35)-c3cc(C(C)(C)C)cc[n+]34)O2)C(C)(C)[C@](C)(c2ccccc2)O1. The first-order chi connectivity index (χ1) is 22.4. The average molecular weight is 618 g/mol. The highest BCUT2D eigenvalue weighted by atomic mass is 16.5. The zero-order valence-electron chi connectivity index (χ0n) is 28.3. The van der Waals surface area contributed by atoms with Gasteiger partial charge in [0.1, 0.15) is 28.1 Å². The van der Waals surface area contributed by atoms with E-state index in [0.29, 0.717) is 0 Å². The summed E-state index contributed by atoms with van der Waals surface area (Å²) in [6.45, 7) is 18.2. The van der Waals surface area contributed by atoms with Crippen molar-refractivity contribution in [2.24, 2.45) is 0 Å². The molecule has 47 heavy (non-hydrogen) atoms. The van der Waals surface area contributed by atoms with E-state index >= 15 is 0 Å². The summed E-state index contributed by atoms with van der Waals surface area (Å²) in [5.74, 6) is 3.85. The molecule has 5 nitrogen and oxygen atoms in total. The lowest BCUT2D eigenvalue weighted by Crippen LogP contribution is -2.71. The van der Waals surface area contributed by atoms with E-state index in [1.165, 1.54) is 38.5 Å². The van der Waals surface area contributed by atoms with Crippen molar-refractivity contribution in [2.75, 3.05) is 0 Å². The molecule has 0 aliphatic carbocycles. The third-order valence-corrected chi connectivity index (χ3v) is 11.7. The number of benzene rings is 4. The van der Waals surface area contributed by atoms with Crippen LogP contribution >= 0.6 is 0 Å². The van der Waals surface area contributed by atoms with E-state index in [1.807, 2.05) is 0 Å². The van der Waals surface area contributed by atoms with Gasteiger partial charge in [-0.25, -0.2) is 0 Å². The highest BCUT2D eigenvalue weighted by Crippen LogP contribution is 2.62. The number of fused-ring (bicyclic) bond motifs is 6. The maximum atomic E-state index is 7.38. The molecule has 0 saturated carbocycles. The molecule has 4 aromatic carbocycles. The number of hydrogen-bond acceptors (Lipinski definition) is 2. The Kier molecular flexibility index (Phi) is 4.72. The predicted molar refractivity (Wildman–Crippen MR) is 185 cm³/mol. The molecule has 0 saturated heterocycles. The van der Waals surface area contributed by atoms with Crippen LogP contribution in [0.3, 0.4) is 0 Å². The van der Waals surface area contributed by atoms with Gasteiger partial charge >= 0.3 is 11.6 Å². The molecule has 232 valence electrons. The van der Waals surface area contributed by atoms with Crippen molar-refractivity contribution in [3.05, 3.63) is 130 Å². The van der Waals surface area contributed by atoms with E-state index in [-0.39, 0.29) is 5.41 Å². The fraction of sp³-hybridized carbons (Fsp3) is 0.286. The van der Waals surface area contributed by atoms with Crippen LogP contribution in [-0.4, -0.2) is 20.6 Å². The minimum Gasteiger partial charge on any atom is -0.456 e. The minimum atomic E-state index is -0.748. The number of aromatic nitrogens is 2. The normalized spacial score (nSPS) is 22.6. The summed E-state index contributed by atoms with van der Waals surface area (Å²) in [5.41, 5.74) is 8.82. The van der Waals surface area contributed by atoms with Gasteiger partial charge in [-0.05, 0) is 79.8 Å². The molecule has 6 aromatic rings. The lowest BCUT2D eigenvalue weighted by molar-refractivity contribution is -0.922. The Hall–Kier alpha value is -4.90. The molecule has 0 amide bonds.